The Kier molecular flexibility index (Phi) is 3.06. The van der Waals surface area contributed by atoms with E-state index in [1.807, 2.05) is 30.3 Å². The van der Waals surface area contributed by atoms with Crippen molar-refractivity contribution in [2.45, 2.75) is 6.92 Å². The van der Waals surface area contributed by atoms with Crippen molar-refractivity contribution in [3.05, 3.63) is 57.4 Å². The van der Waals surface area contributed by atoms with E-state index in [9.17, 15) is 10.1 Å². The lowest BCUT2D eigenvalue weighted by atomic mass is 10.0. The largest absolute Gasteiger partial charge is 0.309 e. The van der Waals surface area contributed by atoms with Gasteiger partial charge in [-0.1, -0.05) is 41.9 Å². The van der Waals surface area contributed by atoms with Gasteiger partial charge in [-0.25, -0.2) is 4.98 Å². The Bertz CT molecular complexity index is 570. The lowest BCUT2D eigenvalue weighted by Gasteiger charge is -2.06. The Morgan fingerprint density at radius 1 is 1.29 bits per heavy atom. The minimum atomic E-state index is -0.503. The molecule has 0 saturated heterocycles. The summed E-state index contributed by atoms with van der Waals surface area (Å²) in [7, 11) is 0. The van der Waals surface area contributed by atoms with Crippen LogP contribution < -0.4 is 0 Å². The van der Waals surface area contributed by atoms with Crippen molar-refractivity contribution in [3.8, 4) is 11.1 Å². The fourth-order valence-electron chi connectivity index (χ4n) is 1.68. The fraction of sp³-hybridized carbons (Fsp3) is 0.0833. The number of hydrogen-bond acceptors (Lipinski definition) is 3. The average molecular weight is 249 g/mol. The smallest absolute Gasteiger partial charge is 0.258 e. The van der Waals surface area contributed by atoms with Gasteiger partial charge in [0.15, 0.2) is 0 Å². The standard InChI is InChI=1S/C12H9ClN2O2/c1-8-10(9-5-3-2-4-6-9)7-14-12(13)11(8)15(16)17/h2-7H,1H3. The van der Waals surface area contributed by atoms with E-state index < -0.39 is 4.92 Å². The Labute approximate surface area is 103 Å². The Balaban J connectivity index is 2.66. The van der Waals surface area contributed by atoms with Crippen LogP contribution in [0.15, 0.2) is 36.5 Å². The summed E-state index contributed by atoms with van der Waals surface area (Å²) in [5.74, 6) is 0. The van der Waals surface area contributed by atoms with Crippen LogP contribution in [-0.4, -0.2) is 9.91 Å². The van der Waals surface area contributed by atoms with Crippen LogP contribution in [0.25, 0.3) is 11.1 Å². The van der Waals surface area contributed by atoms with Crippen LogP contribution in [0.3, 0.4) is 0 Å². The van der Waals surface area contributed by atoms with Crippen molar-refractivity contribution in [1.29, 1.82) is 0 Å². The second-order valence-corrected chi connectivity index (χ2v) is 3.92. The summed E-state index contributed by atoms with van der Waals surface area (Å²) in [6, 6.07) is 9.38. The average Bonchev–Trinajstić information content (AvgIpc) is 2.30. The summed E-state index contributed by atoms with van der Waals surface area (Å²) in [5.41, 5.74) is 2.01. The SMILES string of the molecule is Cc1c(-c2ccccc2)cnc(Cl)c1[N+](=O)[O-]. The molecule has 2 rings (SSSR count). The number of nitrogens with zero attached hydrogens (tertiary/aromatic N) is 2. The lowest BCUT2D eigenvalue weighted by Crippen LogP contribution is -1.97. The molecule has 1 heterocycles. The zero-order chi connectivity index (χ0) is 12.4. The van der Waals surface area contributed by atoms with Gasteiger partial charge in [-0.3, -0.25) is 10.1 Å². The number of rotatable bonds is 2. The first-order chi connectivity index (χ1) is 8.11. The molecule has 0 amide bonds. The predicted molar refractivity (Wildman–Crippen MR) is 66.1 cm³/mol. The fourth-order valence-corrected chi connectivity index (χ4v) is 1.94. The first kappa shape index (κ1) is 11.5. The highest BCUT2D eigenvalue weighted by molar-refractivity contribution is 6.31. The van der Waals surface area contributed by atoms with Gasteiger partial charge in [0.05, 0.1) is 4.92 Å². The molecule has 1 aromatic carbocycles. The van der Waals surface area contributed by atoms with Crippen molar-refractivity contribution in [2.24, 2.45) is 0 Å². The van der Waals surface area contributed by atoms with Gasteiger partial charge in [0.1, 0.15) is 0 Å². The molecule has 0 spiro atoms. The van der Waals surface area contributed by atoms with E-state index in [1.54, 1.807) is 13.1 Å². The van der Waals surface area contributed by atoms with E-state index in [-0.39, 0.29) is 10.8 Å². The molecule has 0 aliphatic carbocycles. The molecule has 0 saturated carbocycles. The van der Waals surface area contributed by atoms with Crippen LogP contribution in [0.5, 0.6) is 0 Å². The van der Waals surface area contributed by atoms with Crippen molar-refractivity contribution >= 4 is 17.3 Å². The number of aromatic nitrogens is 1. The molecule has 0 N–H and O–H groups in total. The van der Waals surface area contributed by atoms with E-state index in [2.05, 4.69) is 4.98 Å². The molecule has 0 fully saturated rings. The Morgan fingerprint density at radius 2 is 1.94 bits per heavy atom. The van der Waals surface area contributed by atoms with Crippen LogP contribution in [0.2, 0.25) is 5.15 Å². The van der Waals surface area contributed by atoms with Crippen molar-refractivity contribution in [2.75, 3.05) is 0 Å². The molecule has 0 aliphatic rings. The third kappa shape index (κ3) is 2.12. The quantitative estimate of drug-likeness (QED) is 0.463. The second kappa shape index (κ2) is 4.51. The minimum Gasteiger partial charge on any atom is -0.258 e. The van der Waals surface area contributed by atoms with Crippen LogP contribution in [0.4, 0.5) is 5.69 Å². The molecule has 2 aromatic rings. The summed E-state index contributed by atoms with van der Waals surface area (Å²) in [5, 5.41) is 10.8. The number of halogens is 1. The van der Waals surface area contributed by atoms with Gasteiger partial charge in [-0.05, 0) is 12.5 Å². The third-order valence-corrected chi connectivity index (χ3v) is 2.81. The molecule has 1 aromatic heterocycles. The highest BCUT2D eigenvalue weighted by atomic mass is 35.5. The van der Waals surface area contributed by atoms with E-state index in [1.165, 1.54) is 0 Å². The third-order valence-electron chi connectivity index (χ3n) is 2.53. The van der Waals surface area contributed by atoms with Gasteiger partial charge in [-0.2, -0.15) is 0 Å². The molecule has 0 radical (unpaired) electrons. The normalized spacial score (nSPS) is 10.2. The van der Waals surface area contributed by atoms with Gasteiger partial charge in [0.25, 0.3) is 0 Å². The predicted octanol–water partition coefficient (Wildman–Crippen LogP) is 3.62. The lowest BCUT2D eigenvalue weighted by molar-refractivity contribution is -0.385. The van der Waals surface area contributed by atoms with E-state index in [0.29, 0.717) is 5.56 Å². The summed E-state index contributed by atoms with van der Waals surface area (Å²) in [4.78, 5) is 14.3. The molecule has 0 atom stereocenters. The highest BCUT2D eigenvalue weighted by Crippen LogP contribution is 2.33. The summed E-state index contributed by atoms with van der Waals surface area (Å²) in [6.45, 7) is 1.67. The molecule has 86 valence electrons. The number of benzene rings is 1. The highest BCUT2D eigenvalue weighted by Gasteiger charge is 2.20. The molecule has 0 unspecified atom stereocenters. The molecule has 5 heteroatoms. The van der Waals surface area contributed by atoms with Gasteiger partial charge < -0.3 is 0 Å². The molecule has 0 aliphatic heterocycles. The van der Waals surface area contributed by atoms with Gasteiger partial charge in [0.2, 0.25) is 5.15 Å². The van der Waals surface area contributed by atoms with Crippen molar-refractivity contribution in [1.82, 2.24) is 4.98 Å². The van der Waals surface area contributed by atoms with E-state index >= 15 is 0 Å². The summed E-state index contributed by atoms with van der Waals surface area (Å²) >= 11 is 5.73. The van der Waals surface area contributed by atoms with Crippen molar-refractivity contribution in [3.63, 3.8) is 0 Å². The van der Waals surface area contributed by atoms with E-state index in [0.717, 1.165) is 11.1 Å². The van der Waals surface area contributed by atoms with Gasteiger partial charge in [0, 0.05) is 17.3 Å². The zero-order valence-electron chi connectivity index (χ0n) is 9.05. The van der Waals surface area contributed by atoms with Crippen molar-refractivity contribution < 1.29 is 4.92 Å². The first-order valence-corrected chi connectivity index (χ1v) is 5.34. The molecular formula is C12H9ClN2O2. The van der Waals surface area contributed by atoms with Crippen LogP contribution >= 0.6 is 11.6 Å². The first-order valence-electron chi connectivity index (χ1n) is 4.96. The molecule has 4 nitrogen and oxygen atoms in total. The monoisotopic (exact) mass is 248 g/mol. The summed E-state index contributed by atoms with van der Waals surface area (Å²) < 4.78 is 0. The maximum Gasteiger partial charge on any atom is 0.309 e. The molecular weight excluding hydrogens is 240 g/mol. The van der Waals surface area contributed by atoms with Gasteiger partial charge >= 0.3 is 5.69 Å². The number of nitro groups is 1. The Morgan fingerprint density at radius 3 is 2.53 bits per heavy atom. The second-order valence-electron chi connectivity index (χ2n) is 3.56. The molecule has 0 bridgehead atoms. The summed E-state index contributed by atoms with van der Waals surface area (Å²) in [6.07, 6.45) is 1.56. The maximum atomic E-state index is 10.9. The number of hydrogen-bond donors (Lipinski definition) is 0. The van der Waals surface area contributed by atoms with Crippen LogP contribution in [0.1, 0.15) is 5.56 Å². The minimum absolute atomic E-state index is 0.0767. The maximum absolute atomic E-state index is 10.9. The van der Waals surface area contributed by atoms with E-state index in [4.69, 9.17) is 11.6 Å². The molecule has 17 heavy (non-hydrogen) atoms. The number of pyridine rings is 1. The Hall–Kier alpha value is -1.94. The topological polar surface area (TPSA) is 56.0 Å². The van der Waals surface area contributed by atoms with Gasteiger partial charge in [-0.15, -0.1) is 0 Å². The van der Waals surface area contributed by atoms with Crippen LogP contribution in [0, 0.1) is 17.0 Å². The van der Waals surface area contributed by atoms with Crippen LogP contribution in [-0.2, 0) is 0 Å². The zero-order valence-corrected chi connectivity index (χ0v) is 9.81.